The number of nitrogens with one attached hydrogen (secondary N) is 1. The Morgan fingerprint density at radius 1 is 1.31 bits per heavy atom. The minimum absolute atomic E-state index is 0.132. The normalized spacial score (nSPS) is 10.7. The molecule has 1 N–H and O–H groups in total. The van der Waals surface area contributed by atoms with Gasteiger partial charge in [0.1, 0.15) is 23.9 Å². The van der Waals surface area contributed by atoms with E-state index in [0.717, 1.165) is 5.69 Å². The lowest BCUT2D eigenvalue weighted by atomic mass is 10.3. The van der Waals surface area contributed by atoms with Gasteiger partial charge in [-0.15, -0.1) is 0 Å². The summed E-state index contributed by atoms with van der Waals surface area (Å²) >= 11 is 6.07. The molecule has 0 aliphatic heterocycles. The quantitative estimate of drug-likeness (QED) is 0.680. The van der Waals surface area contributed by atoms with E-state index in [4.69, 9.17) is 20.8 Å². The Labute approximate surface area is 154 Å². The lowest BCUT2D eigenvalue weighted by Crippen LogP contribution is -2.24. The molecule has 26 heavy (non-hydrogen) atoms. The Morgan fingerprint density at radius 3 is 2.81 bits per heavy atom. The monoisotopic (exact) mass is 377 g/mol. The SMILES string of the molecule is CCn1ncc(Cl)c1CNC(=O)c1ccc(COc2ccc(F)cc2)o1. The molecule has 1 amide bonds. The van der Waals surface area contributed by atoms with Crippen LogP contribution >= 0.6 is 11.6 Å². The number of rotatable bonds is 7. The minimum atomic E-state index is -0.363. The van der Waals surface area contributed by atoms with Crippen molar-refractivity contribution in [1.82, 2.24) is 15.1 Å². The molecule has 0 saturated heterocycles. The highest BCUT2D eigenvalue weighted by atomic mass is 35.5. The Morgan fingerprint density at radius 2 is 2.08 bits per heavy atom. The number of hydrogen-bond donors (Lipinski definition) is 1. The number of benzene rings is 1. The molecule has 1 aromatic carbocycles. The van der Waals surface area contributed by atoms with Crippen LogP contribution in [0.3, 0.4) is 0 Å². The molecule has 0 aliphatic carbocycles. The number of halogens is 2. The molecular weight excluding hydrogens is 361 g/mol. The zero-order valence-corrected chi connectivity index (χ0v) is 14.8. The molecule has 136 valence electrons. The van der Waals surface area contributed by atoms with Crippen molar-refractivity contribution in [2.75, 3.05) is 0 Å². The van der Waals surface area contributed by atoms with Gasteiger partial charge >= 0.3 is 0 Å². The van der Waals surface area contributed by atoms with Gasteiger partial charge in [0.25, 0.3) is 5.91 Å². The zero-order valence-electron chi connectivity index (χ0n) is 14.0. The predicted octanol–water partition coefficient (Wildman–Crippen LogP) is 3.80. The van der Waals surface area contributed by atoms with Crippen LogP contribution in [0, 0.1) is 5.82 Å². The molecule has 3 rings (SSSR count). The third kappa shape index (κ3) is 4.23. The summed E-state index contributed by atoms with van der Waals surface area (Å²) in [4.78, 5) is 12.2. The van der Waals surface area contributed by atoms with E-state index in [9.17, 15) is 9.18 Å². The van der Waals surface area contributed by atoms with Gasteiger partial charge in [-0.3, -0.25) is 9.48 Å². The fraction of sp³-hybridized carbons (Fsp3) is 0.222. The molecule has 0 unspecified atom stereocenters. The summed E-state index contributed by atoms with van der Waals surface area (Å²) in [6.07, 6.45) is 1.55. The maximum Gasteiger partial charge on any atom is 0.287 e. The summed E-state index contributed by atoms with van der Waals surface area (Å²) in [7, 11) is 0. The Bertz CT molecular complexity index is 889. The molecular formula is C18H17ClFN3O3. The van der Waals surface area contributed by atoms with E-state index in [1.54, 1.807) is 23.0 Å². The number of aryl methyl sites for hydroxylation is 1. The fourth-order valence-corrected chi connectivity index (χ4v) is 2.56. The molecule has 6 nitrogen and oxygen atoms in total. The summed E-state index contributed by atoms with van der Waals surface area (Å²) in [6.45, 7) is 2.97. The van der Waals surface area contributed by atoms with Crippen LogP contribution in [-0.4, -0.2) is 15.7 Å². The second-order valence-electron chi connectivity index (χ2n) is 5.45. The van der Waals surface area contributed by atoms with Crippen molar-refractivity contribution >= 4 is 17.5 Å². The molecule has 2 aromatic heterocycles. The highest BCUT2D eigenvalue weighted by molar-refractivity contribution is 6.31. The molecule has 0 radical (unpaired) electrons. The van der Waals surface area contributed by atoms with Crippen molar-refractivity contribution in [3.05, 3.63) is 70.6 Å². The number of hydrogen-bond acceptors (Lipinski definition) is 4. The van der Waals surface area contributed by atoms with Gasteiger partial charge in [-0.05, 0) is 43.3 Å². The molecule has 8 heteroatoms. The van der Waals surface area contributed by atoms with Crippen LogP contribution < -0.4 is 10.1 Å². The van der Waals surface area contributed by atoms with Gasteiger partial charge in [0, 0.05) is 6.54 Å². The van der Waals surface area contributed by atoms with Gasteiger partial charge in [-0.25, -0.2) is 4.39 Å². The first-order chi connectivity index (χ1) is 12.6. The van der Waals surface area contributed by atoms with Gasteiger partial charge in [0.05, 0.1) is 23.5 Å². The van der Waals surface area contributed by atoms with Gasteiger partial charge in [-0.1, -0.05) is 11.6 Å². The summed E-state index contributed by atoms with van der Waals surface area (Å²) in [6, 6.07) is 8.88. The second-order valence-corrected chi connectivity index (χ2v) is 5.85. The molecule has 0 bridgehead atoms. The summed E-state index contributed by atoms with van der Waals surface area (Å²) < 4.78 is 25.5. The molecule has 0 fully saturated rings. The van der Waals surface area contributed by atoms with Gasteiger partial charge < -0.3 is 14.5 Å². The van der Waals surface area contributed by atoms with E-state index in [2.05, 4.69) is 10.4 Å². The Balaban J connectivity index is 1.55. The smallest absolute Gasteiger partial charge is 0.287 e. The van der Waals surface area contributed by atoms with Gasteiger partial charge in [0.15, 0.2) is 5.76 Å². The highest BCUT2D eigenvalue weighted by Gasteiger charge is 2.14. The summed E-state index contributed by atoms with van der Waals surface area (Å²) in [5.41, 5.74) is 0.730. The highest BCUT2D eigenvalue weighted by Crippen LogP contribution is 2.17. The van der Waals surface area contributed by atoms with Crippen LogP contribution in [-0.2, 0) is 19.7 Å². The topological polar surface area (TPSA) is 69.3 Å². The average molecular weight is 378 g/mol. The first-order valence-electron chi connectivity index (χ1n) is 8.02. The minimum Gasteiger partial charge on any atom is -0.486 e. The van der Waals surface area contributed by atoms with E-state index in [1.807, 2.05) is 6.92 Å². The summed E-state index contributed by atoms with van der Waals surface area (Å²) in [5, 5.41) is 7.37. The molecule has 3 aromatic rings. The lowest BCUT2D eigenvalue weighted by Gasteiger charge is -2.07. The zero-order chi connectivity index (χ0) is 18.5. The van der Waals surface area contributed by atoms with Crippen LogP contribution in [0.2, 0.25) is 5.02 Å². The molecule has 0 atom stereocenters. The van der Waals surface area contributed by atoms with Crippen molar-refractivity contribution < 1.29 is 18.3 Å². The van der Waals surface area contributed by atoms with Crippen LogP contribution in [0.25, 0.3) is 0 Å². The van der Waals surface area contributed by atoms with Crippen LogP contribution in [0.15, 0.2) is 47.0 Å². The van der Waals surface area contributed by atoms with Crippen LogP contribution in [0.1, 0.15) is 28.9 Å². The third-order valence-electron chi connectivity index (χ3n) is 3.69. The largest absolute Gasteiger partial charge is 0.486 e. The fourth-order valence-electron chi connectivity index (χ4n) is 2.35. The molecule has 2 heterocycles. The number of carbonyl (C=O) groups excluding carboxylic acids is 1. The average Bonchev–Trinajstić information content (AvgIpc) is 3.26. The molecule has 0 spiro atoms. The van der Waals surface area contributed by atoms with Crippen molar-refractivity contribution in [2.24, 2.45) is 0 Å². The van der Waals surface area contributed by atoms with E-state index >= 15 is 0 Å². The maximum atomic E-state index is 12.9. The van der Waals surface area contributed by atoms with Crippen molar-refractivity contribution in [2.45, 2.75) is 26.6 Å². The standard InChI is InChI=1S/C18H17ClFN3O3/c1-2-23-16(15(19)9-22-23)10-21-18(24)17-8-7-14(26-17)11-25-13-5-3-12(20)4-6-13/h3-9H,2,10-11H2,1H3,(H,21,24). The number of furan rings is 1. The number of aromatic nitrogens is 2. The lowest BCUT2D eigenvalue weighted by molar-refractivity contribution is 0.0918. The Hall–Kier alpha value is -2.80. The third-order valence-corrected chi connectivity index (χ3v) is 4.01. The first kappa shape index (κ1) is 18.0. The number of carbonyl (C=O) groups is 1. The van der Waals surface area contributed by atoms with E-state index < -0.39 is 0 Å². The van der Waals surface area contributed by atoms with E-state index in [1.165, 1.54) is 24.3 Å². The maximum absolute atomic E-state index is 12.9. The van der Waals surface area contributed by atoms with Gasteiger partial charge in [0.2, 0.25) is 0 Å². The molecule has 0 saturated carbocycles. The summed E-state index contributed by atoms with van der Waals surface area (Å²) in [5.74, 6) is 0.463. The number of nitrogens with zero attached hydrogens (tertiary/aromatic N) is 2. The first-order valence-corrected chi connectivity index (χ1v) is 8.40. The molecule has 0 aliphatic rings. The van der Waals surface area contributed by atoms with Crippen molar-refractivity contribution in [1.29, 1.82) is 0 Å². The van der Waals surface area contributed by atoms with E-state index in [0.29, 0.717) is 23.1 Å². The van der Waals surface area contributed by atoms with Crippen LogP contribution in [0.5, 0.6) is 5.75 Å². The van der Waals surface area contributed by atoms with Crippen molar-refractivity contribution in [3.8, 4) is 5.75 Å². The number of ether oxygens (including phenoxy) is 1. The Kier molecular flexibility index (Phi) is 5.58. The van der Waals surface area contributed by atoms with Crippen molar-refractivity contribution in [3.63, 3.8) is 0 Å². The predicted molar refractivity (Wildman–Crippen MR) is 93.5 cm³/mol. The van der Waals surface area contributed by atoms with Crippen LogP contribution in [0.4, 0.5) is 4.39 Å². The van der Waals surface area contributed by atoms with E-state index in [-0.39, 0.29) is 30.6 Å². The van der Waals surface area contributed by atoms with Gasteiger partial charge in [-0.2, -0.15) is 5.10 Å². The second kappa shape index (κ2) is 8.05. The number of amides is 1.